The van der Waals surface area contributed by atoms with Gasteiger partial charge in [-0.3, -0.25) is 0 Å². The molecule has 0 bridgehead atoms. The molecule has 0 atom stereocenters. The van der Waals surface area contributed by atoms with Gasteiger partial charge in [0.15, 0.2) is 0 Å². The van der Waals surface area contributed by atoms with Crippen LogP contribution in [0.2, 0.25) is 0 Å². The third kappa shape index (κ3) is 5.35. The molecule has 3 nitrogen and oxygen atoms in total. The van der Waals surface area contributed by atoms with E-state index in [2.05, 4.69) is 216 Å². The molecule has 0 radical (unpaired) electrons. The van der Waals surface area contributed by atoms with Crippen molar-refractivity contribution in [2.75, 3.05) is 0 Å². The number of nitrogens with zero attached hydrogens (tertiary/aromatic N) is 3. The van der Waals surface area contributed by atoms with Crippen LogP contribution >= 0.6 is 0 Å². The second kappa shape index (κ2) is 13.9. The van der Waals surface area contributed by atoms with Crippen LogP contribution in [0.3, 0.4) is 0 Å². The van der Waals surface area contributed by atoms with E-state index in [1.165, 1.54) is 27.4 Å². The monoisotopic (exact) mass is 751 g/mol. The molecule has 0 fully saturated rings. The molecule has 0 saturated heterocycles. The van der Waals surface area contributed by atoms with Crippen LogP contribution in [-0.2, 0) is 0 Å². The van der Waals surface area contributed by atoms with Gasteiger partial charge < -0.3 is 9.13 Å². The Morgan fingerprint density at radius 3 is 1.32 bits per heavy atom. The Hall–Kier alpha value is -7.93. The molecule has 3 heteroatoms. The Bertz CT molecular complexity index is 3320. The van der Waals surface area contributed by atoms with E-state index in [0.717, 1.165) is 77.7 Å². The minimum atomic E-state index is 0.647. The third-order valence-electron chi connectivity index (χ3n) is 11.9. The number of hydrogen-bond acceptors (Lipinski definition) is 1. The van der Waals surface area contributed by atoms with Crippen LogP contribution in [0.5, 0.6) is 0 Å². The molecule has 2 aromatic heterocycles. The number of nitriles is 1. The fraction of sp³-hybridized carbons (Fsp3) is 0.0179. The molecule has 11 rings (SSSR count). The first kappa shape index (κ1) is 34.3. The third-order valence-corrected chi connectivity index (χ3v) is 11.9. The molecular formula is C56H37N3. The second-order valence-corrected chi connectivity index (χ2v) is 15.2. The molecule has 11 aromatic rings. The number of para-hydroxylation sites is 3. The van der Waals surface area contributed by atoms with Crippen LogP contribution < -0.4 is 0 Å². The van der Waals surface area contributed by atoms with E-state index in [9.17, 15) is 5.26 Å². The first-order valence-corrected chi connectivity index (χ1v) is 20.1. The molecule has 0 aliphatic heterocycles. The van der Waals surface area contributed by atoms with Crippen molar-refractivity contribution in [3.8, 4) is 62.0 Å². The van der Waals surface area contributed by atoms with Gasteiger partial charge in [-0.05, 0) is 65.1 Å². The van der Waals surface area contributed by atoms with Crippen LogP contribution in [-0.4, -0.2) is 9.13 Å². The second-order valence-electron chi connectivity index (χ2n) is 15.2. The van der Waals surface area contributed by atoms with Crippen LogP contribution in [0.1, 0.15) is 11.1 Å². The minimum absolute atomic E-state index is 0.647. The van der Waals surface area contributed by atoms with Gasteiger partial charge in [-0.25, -0.2) is 0 Å². The van der Waals surface area contributed by atoms with Crippen molar-refractivity contribution in [1.29, 1.82) is 5.26 Å². The Morgan fingerprint density at radius 2 is 0.797 bits per heavy atom. The van der Waals surface area contributed by atoms with E-state index < -0.39 is 0 Å². The van der Waals surface area contributed by atoms with Crippen molar-refractivity contribution in [1.82, 2.24) is 9.13 Å². The molecule has 0 aliphatic rings. The Labute approximate surface area is 342 Å². The predicted molar refractivity (Wildman–Crippen MR) is 246 cm³/mol. The first-order valence-electron chi connectivity index (χ1n) is 20.1. The highest BCUT2D eigenvalue weighted by Gasteiger charge is 2.30. The number of benzene rings is 9. The van der Waals surface area contributed by atoms with E-state index >= 15 is 0 Å². The summed E-state index contributed by atoms with van der Waals surface area (Å²) in [6, 6.07) is 75.9. The summed E-state index contributed by atoms with van der Waals surface area (Å²) < 4.78 is 4.90. The maximum absolute atomic E-state index is 11.5. The SMILES string of the molecule is Cc1cccc2c3ccccc3n(-c3ccc4c(c3)c3ccccc3n4-c3c(-c4ccccc4)c(-c4ccccc4)c(C#N)c(-c4ccccc4)c3-c3ccccc3)c12. The molecule has 2 heterocycles. The smallest absolute Gasteiger partial charge is 0.100 e. The molecule has 0 aliphatic carbocycles. The Morgan fingerprint density at radius 1 is 0.373 bits per heavy atom. The van der Waals surface area contributed by atoms with Gasteiger partial charge in [0.2, 0.25) is 0 Å². The lowest BCUT2D eigenvalue weighted by molar-refractivity contribution is 1.16. The predicted octanol–water partition coefficient (Wildman–Crippen LogP) is 14.7. The van der Waals surface area contributed by atoms with Gasteiger partial charge in [-0.1, -0.05) is 176 Å². The summed E-state index contributed by atoms with van der Waals surface area (Å²) in [5.41, 5.74) is 16.5. The molecule has 276 valence electrons. The van der Waals surface area contributed by atoms with Crippen molar-refractivity contribution in [3.63, 3.8) is 0 Å². The first-order chi connectivity index (χ1) is 29.2. The summed E-state index contributed by atoms with van der Waals surface area (Å²) >= 11 is 0. The van der Waals surface area contributed by atoms with Crippen LogP contribution in [0, 0.1) is 18.3 Å². The highest BCUT2D eigenvalue weighted by atomic mass is 15.0. The van der Waals surface area contributed by atoms with Gasteiger partial charge in [-0.2, -0.15) is 5.26 Å². The molecule has 59 heavy (non-hydrogen) atoms. The molecule has 0 saturated carbocycles. The minimum Gasteiger partial charge on any atom is -0.309 e. The van der Waals surface area contributed by atoms with Crippen molar-refractivity contribution in [2.24, 2.45) is 0 Å². The molecule has 0 amide bonds. The number of aryl methyl sites for hydroxylation is 1. The molecule has 9 aromatic carbocycles. The van der Waals surface area contributed by atoms with E-state index in [0.29, 0.717) is 5.56 Å². The zero-order chi connectivity index (χ0) is 39.5. The van der Waals surface area contributed by atoms with Gasteiger partial charge in [-0.15, -0.1) is 0 Å². The number of fused-ring (bicyclic) bond motifs is 6. The summed E-state index contributed by atoms with van der Waals surface area (Å²) in [6.07, 6.45) is 0. The largest absolute Gasteiger partial charge is 0.309 e. The van der Waals surface area contributed by atoms with Gasteiger partial charge >= 0.3 is 0 Å². The summed E-state index contributed by atoms with van der Waals surface area (Å²) in [5.74, 6) is 0. The van der Waals surface area contributed by atoms with Gasteiger partial charge in [0.1, 0.15) is 6.07 Å². The van der Waals surface area contributed by atoms with Crippen molar-refractivity contribution in [2.45, 2.75) is 6.92 Å². The van der Waals surface area contributed by atoms with Crippen LogP contribution in [0.15, 0.2) is 206 Å². The number of hydrogen-bond donors (Lipinski definition) is 0. The lowest BCUT2D eigenvalue weighted by atomic mass is 9.79. The topological polar surface area (TPSA) is 33.6 Å². The standard InChI is InChI=1S/C56H37N3/c1-37-19-18-30-45-43-28-14-16-31-48(43)58(55(37)45)42-33-34-50-46(35-42)44-29-15-17-32-49(44)59(50)56-53(40-24-10-4-11-25-40)51(38-20-6-2-7-21-38)47(36-57)52(39-22-8-3-9-23-39)54(56)41-26-12-5-13-27-41/h2-35H,1H3. The lowest BCUT2D eigenvalue weighted by Gasteiger charge is -2.27. The fourth-order valence-electron chi connectivity index (χ4n) is 9.43. The maximum atomic E-state index is 11.5. The molecule has 0 N–H and O–H groups in total. The van der Waals surface area contributed by atoms with Gasteiger partial charge in [0, 0.05) is 49.5 Å². The Balaban J connectivity index is 1.35. The van der Waals surface area contributed by atoms with Crippen LogP contribution in [0.4, 0.5) is 0 Å². The number of rotatable bonds is 6. The molecule has 0 spiro atoms. The van der Waals surface area contributed by atoms with E-state index in [4.69, 9.17) is 0 Å². The van der Waals surface area contributed by atoms with Gasteiger partial charge in [0.05, 0.1) is 33.3 Å². The van der Waals surface area contributed by atoms with Crippen molar-refractivity contribution in [3.05, 3.63) is 217 Å². The average molecular weight is 752 g/mol. The average Bonchev–Trinajstić information content (AvgIpc) is 3.82. The fourth-order valence-corrected chi connectivity index (χ4v) is 9.43. The van der Waals surface area contributed by atoms with Crippen LogP contribution in [0.25, 0.3) is 99.5 Å². The van der Waals surface area contributed by atoms with Crippen molar-refractivity contribution >= 4 is 43.6 Å². The lowest BCUT2D eigenvalue weighted by Crippen LogP contribution is -2.07. The number of aromatic nitrogens is 2. The van der Waals surface area contributed by atoms with Gasteiger partial charge in [0.25, 0.3) is 0 Å². The highest BCUT2D eigenvalue weighted by molar-refractivity contribution is 6.15. The van der Waals surface area contributed by atoms with E-state index in [1.54, 1.807) is 0 Å². The van der Waals surface area contributed by atoms with E-state index in [-0.39, 0.29) is 0 Å². The maximum Gasteiger partial charge on any atom is 0.100 e. The summed E-state index contributed by atoms with van der Waals surface area (Å²) in [4.78, 5) is 0. The Kier molecular flexibility index (Phi) is 8.10. The van der Waals surface area contributed by atoms with E-state index in [1.807, 2.05) is 12.1 Å². The normalized spacial score (nSPS) is 11.5. The summed E-state index contributed by atoms with van der Waals surface area (Å²) in [5, 5.41) is 16.3. The quantitative estimate of drug-likeness (QED) is 0.167. The zero-order valence-corrected chi connectivity index (χ0v) is 32.5. The molecular weight excluding hydrogens is 715 g/mol. The summed E-state index contributed by atoms with van der Waals surface area (Å²) in [7, 11) is 0. The molecule has 0 unspecified atom stereocenters. The highest BCUT2D eigenvalue weighted by Crippen LogP contribution is 2.52. The van der Waals surface area contributed by atoms with Crippen molar-refractivity contribution < 1.29 is 0 Å². The summed E-state index contributed by atoms with van der Waals surface area (Å²) in [6.45, 7) is 2.21. The zero-order valence-electron chi connectivity index (χ0n) is 32.5.